The first-order valence-electron chi connectivity index (χ1n) is 11.2. The number of allylic oxidation sites excluding steroid dienone is 1. The largest absolute Gasteiger partial charge is 0.485 e. The lowest BCUT2D eigenvalue weighted by Gasteiger charge is -2.24. The van der Waals surface area contributed by atoms with Gasteiger partial charge in [-0.1, -0.05) is 59.9 Å². The molecule has 7 heteroatoms. The van der Waals surface area contributed by atoms with E-state index < -0.39 is 12.0 Å². The molecule has 0 aliphatic carbocycles. The van der Waals surface area contributed by atoms with Crippen LogP contribution in [-0.2, 0) is 9.53 Å². The first kappa shape index (κ1) is 22.1. The van der Waals surface area contributed by atoms with Crippen molar-refractivity contribution in [2.75, 3.05) is 6.61 Å². The molecular formula is C27H24N2O4S. The van der Waals surface area contributed by atoms with Crippen molar-refractivity contribution in [1.82, 2.24) is 4.57 Å². The number of para-hydroxylation sites is 1. The Morgan fingerprint density at radius 3 is 2.68 bits per heavy atom. The molecule has 0 fully saturated rings. The molecule has 0 N–H and O–H groups in total. The fourth-order valence-electron chi connectivity index (χ4n) is 4.32. The minimum absolute atomic E-state index is 0.195. The Morgan fingerprint density at radius 1 is 1.18 bits per heavy atom. The normalized spacial score (nSPS) is 19.5. The highest BCUT2D eigenvalue weighted by molar-refractivity contribution is 7.07. The summed E-state index contributed by atoms with van der Waals surface area (Å²) in [7, 11) is 0. The number of ether oxygens (including phenoxy) is 2. The summed E-state index contributed by atoms with van der Waals surface area (Å²) in [6.07, 6.45) is 3.72. The van der Waals surface area contributed by atoms with Crippen LogP contribution in [0, 0.1) is 0 Å². The highest BCUT2D eigenvalue weighted by Crippen LogP contribution is 2.31. The van der Waals surface area contributed by atoms with Gasteiger partial charge in [0.25, 0.3) is 5.56 Å². The van der Waals surface area contributed by atoms with Crippen LogP contribution in [-0.4, -0.2) is 23.2 Å². The minimum atomic E-state index is -0.603. The predicted octanol–water partition coefficient (Wildman–Crippen LogP) is 3.61. The van der Waals surface area contributed by atoms with E-state index in [0.29, 0.717) is 20.6 Å². The zero-order chi connectivity index (χ0) is 23.8. The lowest BCUT2D eigenvalue weighted by Crippen LogP contribution is -2.40. The van der Waals surface area contributed by atoms with E-state index in [-0.39, 0.29) is 18.3 Å². The highest BCUT2D eigenvalue weighted by Gasteiger charge is 2.33. The van der Waals surface area contributed by atoms with Crippen LogP contribution >= 0.6 is 11.3 Å². The Balaban J connectivity index is 1.69. The molecular weight excluding hydrogens is 448 g/mol. The molecule has 0 saturated heterocycles. The lowest BCUT2D eigenvalue weighted by molar-refractivity contribution is -0.139. The third-order valence-electron chi connectivity index (χ3n) is 5.94. The summed E-state index contributed by atoms with van der Waals surface area (Å²) in [5.41, 5.74) is 3.45. The van der Waals surface area contributed by atoms with Crippen LogP contribution in [0.25, 0.3) is 12.2 Å². The number of hydrogen-bond donors (Lipinski definition) is 0. The van der Waals surface area contributed by atoms with Gasteiger partial charge >= 0.3 is 5.97 Å². The number of rotatable bonds is 4. The summed E-state index contributed by atoms with van der Waals surface area (Å²) in [5.74, 6) is 0.368. The molecule has 2 aromatic carbocycles. The fraction of sp³-hybridized carbons (Fsp3) is 0.222. The second kappa shape index (κ2) is 8.91. The van der Waals surface area contributed by atoms with E-state index in [2.05, 4.69) is 4.99 Å². The monoisotopic (exact) mass is 472 g/mol. The SMILES string of the molecule is CCOC(=O)C1=C(C)N=c2s/c(=C/C3=Cc4ccccc4O[C@@H]3C)c(=O)n2[C@H]1c1ccccc1. The van der Waals surface area contributed by atoms with Gasteiger partial charge in [0.15, 0.2) is 4.80 Å². The van der Waals surface area contributed by atoms with Gasteiger partial charge in [0.1, 0.15) is 11.9 Å². The minimum Gasteiger partial charge on any atom is -0.485 e. The van der Waals surface area contributed by atoms with E-state index in [9.17, 15) is 9.59 Å². The molecule has 0 bridgehead atoms. The Morgan fingerprint density at radius 2 is 1.91 bits per heavy atom. The highest BCUT2D eigenvalue weighted by atomic mass is 32.1. The number of nitrogens with zero attached hydrogens (tertiary/aromatic N) is 2. The van der Waals surface area contributed by atoms with Crippen molar-refractivity contribution >= 4 is 29.5 Å². The number of carbonyl (C=O) groups is 1. The van der Waals surface area contributed by atoms with Crippen LogP contribution in [0.2, 0.25) is 0 Å². The second-order valence-corrected chi connectivity index (χ2v) is 9.16. The van der Waals surface area contributed by atoms with Crippen LogP contribution < -0.4 is 19.6 Å². The topological polar surface area (TPSA) is 69.9 Å². The second-order valence-electron chi connectivity index (χ2n) is 8.16. The van der Waals surface area contributed by atoms with Gasteiger partial charge in [0, 0.05) is 5.56 Å². The van der Waals surface area contributed by atoms with E-state index >= 15 is 0 Å². The molecule has 6 nitrogen and oxygen atoms in total. The van der Waals surface area contributed by atoms with Crippen LogP contribution in [0.4, 0.5) is 0 Å². The standard InChI is InChI=1S/C27H24N2O4S/c1-4-32-26(31)23-16(2)28-27-29(24(23)18-10-6-5-7-11-18)25(30)22(34-27)15-20-14-19-12-8-9-13-21(19)33-17(20)3/h5-15,17,24H,4H2,1-3H3/b22-15+/t17-,24+/m1/s1. The van der Waals surface area contributed by atoms with Gasteiger partial charge in [0.2, 0.25) is 0 Å². The summed E-state index contributed by atoms with van der Waals surface area (Å²) in [5, 5.41) is 0. The Kier molecular flexibility index (Phi) is 5.79. The molecule has 0 unspecified atom stereocenters. The van der Waals surface area contributed by atoms with Crippen LogP contribution in [0.5, 0.6) is 5.75 Å². The van der Waals surface area contributed by atoms with Crippen molar-refractivity contribution in [2.24, 2.45) is 4.99 Å². The molecule has 2 atom stereocenters. The van der Waals surface area contributed by atoms with E-state index in [4.69, 9.17) is 9.47 Å². The molecule has 3 aromatic rings. The summed E-state index contributed by atoms with van der Waals surface area (Å²) in [4.78, 5) is 31.8. The number of thiazole rings is 1. The Labute approximate surface area is 200 Å². The lowest BCUT2D eigenvalue weighted by atomic mass is 9.96. The van der Waals surface area contributed by atoms with Crippen molar-refractivity contribution in [1.29, 1.82) is 0 Å². The molecule has 0 radical (unpaired) electrons. The molecule has 0 amide bonds. The van der Waals surface area contributed by atoms with Gasteiger partial charge in [-0.25, -0.2) is 9.79 Å². The maximum atomic E-state index is 13.7. The number of aromatic nitrogens is 1. The van der Waals surface area contributed by atoms with Gasteiger partial charge in [-0.2, -0.15) is 0 Å². The third-order valence-corrected chi connectivity index (χ3v) is 6.93. The van der Waals surface area contributed by atoms with Gasteiger partial charge in [-0.3, -0.25) is 9.36 Å². The molecule has 1 aromatic heterocycles. The van der Waals surface area contributed by atoms with Crippen LogP contribution in [0.15, 0.2) is 81.2 Å². The Hall–Kier alpha value is -3.71. The molecule has 2 aliphatic rings. The summed E-state index contributed by atoms with van der Waals surface area (Å²) in [6.45, 7) is 5.76. The van der Waals surface area contributed by atoms with E-state index in [1.54, 1.807) is 18.4 Å². The van der Waals surface area contributed by atoms with Crippen LogP contribution in [0.3, 0.4) is 0 Å². The van der Waals surface area contributed by atoms with E-state index in [0.717, 1.165) is 22.4 Å². The molecule has 5 rings (SSSR count). The molecule has 0 saturated carbocycles. The zero-order valence-corrected chi connectivity index (χ0v) is 20.0. The van der Waals surface area contributed by atoms with Crippen molar-refractivity contribution in [3.05, 3.63) is 102 Å². The van der Waals surface area contributed by atoms with E-state index in [1.807, 2.05) is 73.7 Å². The van der Waals surface area contributed by atoms with Gasteiger partial charge in [-0.05, 0) is 50.1 Å². The van der Waals surface area contributed by atoms with Crippen molar-refractivity contribution < 1.29 is 14.3 Å². The molecule has 172 valence electrons. The number of hydrogen-bond acceptors (Lipinski definition) is 6. The first-order chi connectivity index (χ1) is 16.5. The van der Waals surface area contributed by atoms with Crippen LogP contribution in [0.1, 0.15) is 37.9 Å². The summed E-state index contributed by atoms with van der Waals surface area (Å²) in [6, 6.07) is 16.7. The number of carbonyl (C=O) groups excluding carboxylic acids is 1. The number of esters is 1. The van der Waals surface area contributed by atoms with Gasteiger partial charge in [-0.15, -0.1) is 0 Å². The Bertz CT molecular complexity index is 1510. The molecule has 34 heavy (non-hydrogen) atoms. The first-order valence-corrected chi connectivity index (χ1v) is 12.0. The van der Waals surface area contributed by atoms with E-state index in [1.165, 1.54) is 11.3 Å². The van der Waals surface area contributed by atoms with Crippen molar-refractivity contribution in [3.63, 3.8) is 0 Å². The molecule has 0 spiro atoms. The number of benzene rings is 2. The average molecular weight is 473 g/mol. The maximum absolute atomic E-state index is 13.7. The maximum Gasteiger partial charge on any atom is 0.338 e. The average Bonchev–Trinajstić information content (AvgIpc) is 3.13. The quantitative estimate of drug-likeness (QED) is 0.544. The smallest absolute Gasteiger partial charge is 0.338 e. The zero-order valence-electron chi connectivity index (χ0n) is 19.1. The van der Waals surface area contributed by atoms with Gasteiger partial charge < -0.3 is 9.47 Å². The third kappa shape index (κ3) is 3.82. The summed E-state index contributed by atoms with van der Waals surface area (Å²) < 4.78 is 13.5. The molecule has 3 heterocycles. The van der Waals surface area contributed by atoms with Gasteiger partial charge in [0.05, 0.1) is 28.5 Å². The van der Waals surface area contributed by atoms with Crippen molar-refractivity contribution in [2.45, 2.75) is 32.9 Å². The predicted molar refractivity (Wildman–Crippen MR) is 132 cm³/mol. The fourth-order valence-corrected chi connectivity index (χ4v) is 5.36. The summed E-state index contributed by atoms with van der Waals surface area (Å²) >= 11 is 1.31. The molecule has 2 aliphatic heterocycles. The number of fused-ring (bicyclic) bond motifs is 2. The van der Waals surface area contributed by atoms with Crippen molar-refractivity contribution in [3.8, 4) is 5.75 Å².